The monoisotopic (exact) mass is 376 g/mol. The fourth-order valence-corrected chi connectivity index (χ4v) is 2.42. The molecule has 0 spiro atoms. The third-order valence-electron chi connectivity index (χ3n) is 3.25. The number of amides is 1. The van der Waals surface area contributed by atoms with Crippen LogP contribution in [0.1, 0.15) is 11.1 Å². The van der Waals surface area contributed by atoms with E-state index in [4.69, 9.17) is 43.7 Å². The lowest BCUT2D eigenvalue weighted by Crippen LogP contribution is -2.12. The van der Waals surface area contributed by atoms with Crippen LogP contribution in [0.4, 0.5) is 0 Å². The van der Waals surface area contributed by atoms with Crippen LogP contribution in [0.3, 0.4) is 0 Å². The molecule has 0 saturated heterocycles. The molecule has 0 atom stereocenters. The number of nitrogens with zero attached hydrogens (tertiary/aromatic N) is 1. The molecule has 2 aromatic carbocycles. The van der Waals surface area contributed by atoms with Crippen molar-refractivity contribution in [2.24, 2.45) is 5.73 Å². The number of benzene rings is 2. The van der Waals surface area contributed by atoms with Crippen molar-refractivity contribution in [3.63, 3.8) is 0 Å². The first-order valence-electron chi connectivity index (χ1n) is 7.11. The maximum atomic E-state index is 11.2. The summed E-state index contributed by atoms with van der Waals surface area (Å²) in [5.74, 6) is -0.0935. The minimum atomic E-state index is -0.819. The zero-order chi connectivity index (χ0) is 18.4. The molecule has 0 bridgehead atoms. The third kappa shape index (κ3) is 4.90. The third-order valence-corrected chi connectivity index (χ3v) is 3.78. The molecule has 0 fully saturated rings. The number of halogens is 2. The summed E-state index contributed by atoms with van der Waals surface area (Å²) in [6.07, 6.45) is 1.33. The molecule has 0 saturated carbocycles. The van der Waals surface area contributed by atoms with Gasteiger partial charge in [-0.2, -0.15) is 5.26 Å². The number of nitriles is 1. The van der Waals surface area contributed by atoms with Gasteiger partial charge < -0.3 is 15.2 Å². The Labute approximate surface area is 155 Å². The Morgan fingerprint density at radius 3 is 2.52 bits per heavy atom. The van der Waals surface area contributed by atoms with Crippen LogP contribution < -0.4 is 15.2 Å². The predicted molar refractivity (Wildman–Crippen MR) is 96.6 cm³/mol. The highest BCUT2D eigenvalue weighted by Crippen LogP contribution is 2.37. The number of carbonyl (C=O) groups is 1. The highest BCUT2D eigenvalue weighted by atomic mass is 35.5. The summed E-state index contributed by atoms with van der Waals surface area (Å²) in [6, 6.07) is 12.1. The SMILES string of the molecule is COc1cc(/C=C(\C#N)C(N)=O)cc(Cl)c1OCc1ccc(Cl)cc1. The minimum absolute atomic E-state index is 0.187. The maximum absolute atomic E-state index is 11.2. The average Bonchev–Trinajstić information content (AvgIpc) is 2.59. The summed E-state index contributed by atoms with van der Waals surface area (Å²) < 4.78 is 11.0. The Morgan fingerprint density at radius 2 is 1.96 bits per heavy atom. The molecule has 2 N–H and O–H groups in total. The van der Waals surface area contributed by atoms with Gasteiger partial charge in [-0.3, -0.25) is 4.79 Å². The van der Waals surface area contributed by atoms with Crippen LogP contribution >= 0.6 is 23.2 Å². The number of nitrogens with two attached hydrogens (primary N) is 1. The van der Waals surface area contributed by atoms with Crippen LogP contribution in [0, 0.1) is 11.3 Å². The minimum Gasteiger partial charge on any atom is -0.493 e. The molecule has 5 nitrogen and oxygen atoms in total. The van der Waals surface area contributed by atoms with Gasteiger partial charge in [0.2, 0.25) is 0 Å². The Balaban J connectivity index is 2.29. The van der Waals surface area contributed by atoms with Gasteiger partial charge in [-0.05, 0) is 41.5 Å². The standard InChI is InChI=1S/C18H14Cl2N2O3/c1-24-16-8-12(6-13(9-21)18(22)23)7-15(20)17(16)25-10-11-2-4-14(19)5-3-11/h2-8H,10H2,1H3,(H2,22,23)/b13-6+. The molecule has 0 heterocycles. The van der Waals surface area contributed by atoms with Crippen LogP contribution in [-0.2, 0) is 11.4 Å². The Kier molecular flexibility index (Phi) is 6.29. The van der Waals surface area contributed by atoms with Crippen molar-refractivity contribution in [3.8, 4) is 17.6 Å². The van der Waals surface area contributed by atoms with Gasteiger partial charge in [0, 0.05) is 5.02 Å². The van der Waals surface area contributed by atoms with Gasteiger partial charge >= 0.3 is 0 Å². The second-order valence-electron chi connectivity index (χ2n) is 4.98. The molecular formula is C18H14Cl2N2O3. The fraction of sp³-hybridized carbons (Fsp3) is 0.111. The summed E-state index contributed by atoms with van der Waals surface area (Å²) in [5.41, 5.74) is 6.35. The van der Waals surface area contributed by atoms with E-state index in [1.807, 2.05) is 12.1 Å². The first-order chi connectivity index (χ1) is 11.9. The van der Waals surface area contributed by atoms with Gasteiger partial charge in [0.05, 0.1) is 12.1 Å². The summed E-state index contributed by atoms with van der Waals surface area (Å²) >= 11 is 12.1. The maximum Gasteiger partial charge on any atom is 0.259 e. The lowest BCUT2D eigenvalue weighted by Gasteiger charge is -2.13. The number of hydrogen-bond acceptors (Lipinski definition) is 4. The number of rotatable bonds is 6. The smallest absolute Gasteiger partial charge is 0.259 e. The van der Waals surface area contributed by atoms with E-state index in [1.54, 1.807) is 30.3 Å². The van der Waals surface area contributed by atoms with Crippen molar-refractivity contribution in [1.29, 1.82) is 5.26 Å². The Morgan fingerprint density at radius 1 is 1.28 bits per heavy atom. The quantitative estimate of drug-likeness (QED) is 0.610. The molecule has 25 heavy (non-hydrogen) atoms. The molecule has 0 aliphatic heterocycles. The molecule has 0 aromatic heterocycles. The van der Waals surface area contributed by atoms with Crippen molar-refractivity contribution in [3.05, 3.63) is 63.1 Å². The van der Waals surface area contributed by atoms with Crippen LogP contribution in [0.2, 0.25) is 10.0 Å². The lowest BCUT2D eigenvalue weighted by molar-refractivity contribution is -0.114. The van der Waals surface area contributed by atoms with Crippen molar-refractivity contribution in [2.75, 3.05) is 7.11 Å². The van der Waals surface area contributed by atoms with Crippen LogP contribution in [0.5, 0.6) is 11.5 Å². The molecular weight excluding hydrogens is 363 g/mol. The van der Waals surface area contributed by atoms with E-state index >= 15 is 0 Å². The molecule has 7 heteroatoms. The normalized spacial score (nSPS) is 10.9. The first kappa shape index (κ1) is 18.7. The number of primary amides is 1. The topological polar surface area (TPSA) is 85.3 Å². The molecule has 1 amide bonds. The fourth-order valence-electron chi connectivity index (χ4n) is 2.02. The lowest BCUT2D eigenvalue weighted by atomic mass is 10.1. The van der Waals surface area contributed by atoms with E-state index in [1.165, 1.54) is 13.2 Å². The van der Waals surface area contributed by atoms with E-state index in [2.05, 4.69) is 0 Å². The second kappa shape index (κ2) is 8.43. The van der Waals surface area contributed by atoms with Crippen LogP contribution in [0.15, 0.2) is 42.0 Å². The van der Waals surface area contributed by atoms with Gasteiger partial charge in [-0.1, -0.05) is 35.3 Å². The number of ether oxygens (including phenoxy) is 2. The molecule has 0 aliphatic rings. The van der Waals surface area contributed by atoms with E-state index < -0.39 is 5.91 Å². The van der Waals surface area contributed by atoms with Crippen molar-refractivity contribution < 1.29 is 14.3 Å². The largest absolute Gasteiger partial charge is 0.493 e. The van der Waals surface area contributed by atoms with Crippen molar-refractivity contribution in [2.45, 2.75) is 6.61 Å². The first-order valence-corrected chi connectivity index (χ1v) is 7.86. The van der Waals surface area contributed by atoms with Gasteiger partial charge in [0.25, 0.3) is 5.91 Å². The molecule has 0 unspecified atom stereocenters. The van der Waals surface area contributed by atoms with Crippen LogP contribution in [0.25, 0.3) is 6.08 Å². The molecule has 0 radical (unpaired) electrons. The molecule has 128 valence electrons. The van der Waals surface area contributed by atoms with Gasteiger partial charge in [0.1, 0.15) is 18.2 Å². The molecule has 2 aromatic rings. The van der Waals surface area contributed by atoms with Crippen LogP contribution in [-0.4, -0.2) is 13.0 Å². The second-order valence-corrected chi connectivity index (χ2v) is 5.83. The van der Waals surface area contributed by atoms with E-state index in [-0.39, 0.29) is 17.2 Å². The van der Waals surface area contributed by atoms with E-state index in [9.17, 15) is 4.79 Å². The van der Waals surface area contributed by atoms with Gasteiger partial charge in [-0.15, -0.1) is 0 Å². The Bertz CT molecular complexity index is 856. The van der Waals surface area contributed by atoms with E-state index in [0.717, 1.165) is 5.56 Å². The number of methoxy groups -OCH3 is 1. The number of carbonyl (C=O) groups excluding carboxylic acids is 1. The zero-order valence-corrected chi connectivity index (χ0v) is 14.8. The summed E-state index contributed by atoms with van der Waals surface area (Å²) in [4.78, 5) is 11.2. The van der Waals surface area contributed by atoms with Gasteiger partial charge in [-0.25, -0.2) is 0 Å². The summed E-state index contributed by atoms with van der Waals surface area (Å²) in [7, 11) is 1.47. The highest BCUT2D eigenvalue weighted by Gasteiger charge is 2.13. The van der Waals surface area contributed by atoms with E-state index in [0.29, 0.717) is 22.1 Å². The average molecular weight is 377 g/mol. The summed E-state index contributed by atoms with van der Waals surface area (Å²) in [5, 5.41) is 9.84. The highest BCUT2D eigenvalue weighted by molar-refractivity contribution is 6.32. The predicted octanol–water partition coefficient (Wildman–Crippen LogP) is 3.97. The van der Waals surface area contributed by atoms with Crippen molar-refractivity contribution >= 4 is 35.2 Å². The number of hydrogen-bond donors (Lipinski definition) is 1. The Hall–Kier alpha value is -2.68. The zero-order valence-electron chi connectivity index (χ0n) is 13.3. The van der Waals surface area contributed by atoms with Gasteiger partial charge in [0.15, 0.2) is 11.5 Å². The molecule has 2 rings (SSSR count). The summed E-state index contributed by atoms with van der Waals surface area (Å²) in [6.45, 7) is 0.271. The molecule has 0 aliphatic carbocycles. The van der Waals surface area contributed by atoms with Crippen molar-refractivity contribution in [1.82, 2.24) is 0 Å².